The average molecular weight is 184 g/mol. The number of primary amides is 1. The van der Waals surface area contributed by atoms with Crippen LogP contribution in [-0.4, -0.2) is 19.0 Å². The second-order valence-corrected chi connectivity index (χ2v) is 3.88. The molecule has 1 fully saturated rings. The van der Waals surface area contributed by atoms with Gasteiger partial charge in [0.05, 0.1) is 0 Å². The molecule has 0 aromatic rings. The first-order chi connectivity index (χ1) is 6.25. The third-order valence-corrected chi connectivity index (χ3v) is 2.96. The number of amides is 1. The van der Waals surface area contributed by atoms with Crippen LogP contribution >= 0.6 is 0 Å². The summed E-state index contributed by atoms with van der Waals surface area (Å²) in [5.74, 6) is 0.409. The van der Waals surface area contributed by atoms with Crippen LogP contribution in [0, 0.1) is 11.8 Å². The topological polar surface area (TPSA) is 55.1 Å². The van der Waals surface area contributed by atoms with E-state index >= 15 is 0 Å². The molecule has 0 aromatic carbocycles. The second-order valence-electron chi connectivity index (χ2n) is 3.88. The molecule has 1 aliphatic rings. The summed E-state index contributed by atoms with van der Waals surface area (Å²) in [5.41, 5.74) is 5.36. The molecule has 2 unspecified atom stereocenters. The lowest BCUT2D eigenvalue weighted by molar-refractivity contribution is -0.123. The van der Waals surface area contributed by atoms with Crippen molar-refractivity contribution in [3.8, 4) is 0 Å². The molecule has 3 heteroatoms. The molecule has 1 heterocycles. The first-order valence-corrected chi connectivity index (χ1v) is 5.25. The summed E-state index contributed by atoms with van der Waals surface area (Å²) in [5, 5.41) is 3.36. The van der Waals surface area contributed by atoms with Crippen molar-refractivity contribution in [2.45, 2.75) is 32.6 Å². The molecule has 2 atom stereocenters. The maximum Gasteiger partial charge on any atom is 0.220 e. The van der Waals surface area contributed by atoms with E-state index in [1.807, 2.05) is 6.92 Å². The Hall–Kier alpha value is -0.570. The molecule has 13 heavy (non-hydrogen) atoms. The first kappa shape index (κ1) is 10.5. The molecule has 3 nitrogen and oxygen atoms in total. The van der Waals surface area contributed by atoms with Crippen molar-refractivity contribution in [2.24, 2.45) is 17.6 Å². The van der Waals surface area contributed by atoms with Gasteiger partial charge in [0.15, 0.2) is 0 Å². The Morgan fingerprint density at radius 1 is 1.62 bits per heavy atom. The quantitative estimate of drug-likeness (QED) is 0.684. The van der Waals surface area contributed by atoms with Gasteiger partial charge in [-0.05, 0) is 38.3 Å². The lowest BCUT2D eigenvalue weighted by atomic mass is 9.86. The highest BCUT2D eigenvalue weighted by Crippen LogP contribution is 2.22. The van der Waals surface area contributed by atoms with Crippen molar-refractivity contribution in [1.82, 2.24) is 5.32 Å². The zero-order valence-corrected chi connectivity index (χ0v) is 8.38. The fourth-order valence-electron chi connectivity index (χ4n) is 2.16. The highest BCUT2D eigenvalue weighted by atomic mass is 16.1. The number of rotatable bonds is 3. The maximum absolute atomic E-state index is 11.1. The molecule has 3 N–H and O–H groups in total. The summed E-state index contributed by atoms with van der Waals surface area (Å²) in [6.07, 6.45) is 4.48. The molecule has 0 spiro atoms. The molecular formula is C10H20N2O. The monoisotopic (exact) mass is 184 g/mol. The third-order valence-electron chi connectivity index (χ3n) is 2.96. The Kier molecular flexibility index (Phi) is 4.22. The molecule has 0 saturated carbocycles. The van der Waals surface area contributed by atoms with Gasteiger partial charge in [0, 0.05) is 5.92 Å². The summed E-state index contributed by atoms with van der Waals surface area (Å²) in [6.45, 7) is 4.09. The lowest BCUT2D eigenvalue weighted by Gasteiger charge is -2.21. The van der Waals surface area contributed by atoms with Crippen molar-refractivity contribution < 1.29 is 4.79 Å². The van der Waals surface area contributed by atoms with E-state index < -0.39 is 0 Å². The zero-order valence-electron chi connectivity index (χ0n) is 8.38. The summed E-state index contributed by atoms with van der Waals surface area (Å²) >= 11 is 0. The molecule has 0 aliphatic carbocycles. The van der Waals surface area contributed by atoms with Crippen molar-refractivity contribution >= 4 is 5.91 Å². The average Bonchev–Trinajstić information content (AvgIpc) is 2.33. The highest BCUT2D eigenvalue weighted by molar-refractivity contribution is 5.76. The van der Waals surface area contributed by atoms with Crippen molar-refractivity contribution in [3.05, 3.63) is 0 Å². The van der Waals surface area contributed by atoms with Gasteiger partial charge in [0.25, 0.3) is 0 Å². The molecule has 1 saturated heterocycles. The minimum Gasteiger partial charge on any atom is -0.369 e. The predicted molar refractivity (Wildman–Crippen MR) is 53.2 cm³/mol. The lowest BCUT2D eigenvalue weighted by Crippen LogP contribution is -2.34. The number of nitrogens with two attached hydrogens (primary N) is 1. The summed E-state index contributed by atoms with van der Waals surface area (Å²) in [4.78, 5) is 11.1. The van der Waals surface area contributed by atoms with E-state index in [1.54, 1.807) is 0 Å². The van der Waals surface area contributed by atoms with E-state index in [0.29, 0.717) is 5.92 Å². The Morgan fingerprint density at radius 2 is 2.38 bits per heavy atom. The Morgan fingerprint density at radius 3 is 3.00 bits per heavy atom. The van der Waals surface area contributed by atoms with Crippen LogP contribution < -0.4 is 11.1 Å². The zero-order chi connectivity index (χ0) is 9.68. The van der Waals surface area contributed by atoms with Crippen LogP contribution in [-0.2, 0) is 4.79 Å². The number of carbonyl (C=O) groups is 1. The SMILES string of the molecule is CCC(C(N)=O)C1CCCCNC1. The fraction of sp³-hybridized carbons (Fsp3) is 0.900. The number of carbonyl (C=O) groups excluding carboxylic acids is 1. The third kappa shape index (κ3) is 2.99. The minimum atomic E-state index is -0.129. The van der Waals surface area contributed by atoms with Gasteiger partial charge in [-0.2, -0.15) is 0 Å². The summed E-state index contributed by atoms with van der Waals surface area (Å²) < 4.78 is 0. The van der Waals surface area contributed by atoms with Gasteiger partial charge >= 0.3 is 0 Å². The fourth-order valence-corrected chi connectivity index (χ4v) is 2.16. The van der Waals surface area contributed by atoms with E-state index in [9.17, 15) is 4.79 Å². The summed E-state index contributed by atoms with van der Waals surface area (Å²) in [7, 11) is 0. The molecule has 1 aliphatic heterocycles. The smallest absolute Gasteiger partial charge is 0.220 e. The first-order valence-electron chi connectivity index (χ1n) is 5.25. The normalized spacial score (nSPS) is 26.4. The molecule has 76 valence electrons. The molecule has 0 aromatic heterocycles. The van der Waals surface area contributed by atoms with Crippen LogP contribution in [0.25, 0.3) is 0 Å². The van der Waals surface area contributed by atoms with Gasteiger partial charge < -0.3 is 11.1 Å². The predicted octanol–water partition coefficient (Wildman–Crippen LogP) is 0.888. The molecule has 1 amide bonds. The number of nitrogens with one attached hydrogen (secondary N) is 1. The molecule has 1 rings (SSSR count). The van der Waals surface area contributed by atoms with Crippen molar-refractivity contribution in [1.29, 1.82) is 0 Å². The Bertz CT molecular complexity index is 162. The van der Waals surface area contributed by atoms with Crippen molar-refractivity contribution in [2.75, 3.05) is 13.1 Å². The standard InChI is InChI=1S/C10H20N2O/c1-2-9(10(11)13)8-5-3-4-6-12-7-8/h8-9,12H,2-7H2,1H3,(H2,11,13). The van der Waals surface area contributed by atoms with Gasteiger partial charge in [-0.15, -0.1) is 0 Å². The second kappa shape index (κ2) is 5.22. The highest BCUT2D eigenvalue weighted by Gasteiger charge is 2.25. The van der Waals surface area contributed by atoms with Crippen LogP contribution in [0.15, 0.2) is 0 Å². The van der Waals surface area contributed by atoms with E-state index in [2.05, 4.69) is 5.32 Å². The van der Waals surface area contributed by atoms with Crippen LogP contribution in [0.5, 0.6) is 0 Å². The van der Waals surface area contributed by atoms with E-state index in [1.165, 1.54) is 12.8 Å². The van der Waals surface area contributed by atoms with Crippen molar-refractivity contribution in [3.63, 3.8) is 0 Å². The Labute approximate surface area is 80.1 Å². The van der Waals surface area contributed by atoms with Crippen LogP contribution in [0.1, 0.15) is 32.6 Å². The van der Waals surface area contributed by atoms with E-state index in [0.717, 1.165) is 25.9 Å². The van der Waals surface area contributed by atoms with Crippen LogP contribution in [0.4, 0.5) is 0 Å². The van der Waals surface area contributed by atoms with Gasteiger partial charge in [0.2, 0.25) is 5.91 Å². The number of hydrogen-bond donors (Lipinski definition) is 2. The van der Waals surface area contributed by atoms with Gasteiger partial charge in [-0.1, -0.05) is 13.3 Å². The maximum atomic E-state index is 11.1. The Balaban J connectivity index is 2.50. The molecule has 0 radical (unpaired) electrons. The van der Waals surface area contributed by atoms with Gasteiger partial charge in [-0.3, -0.25) is 4.79 Å². The van der Waals surface area contributed by atoms with Gasteiger partial charge in [-0.25, -0.2) is 0 Å². The van der Waals surface area contributed by atoms with E-state index in [4.69, 9.17) is 5.73 Å². The van der Waals surface area contributed by atoms with Gasteiger partial charge in [0.1, 0.15) is 0 Å². The van der Waals surface area contributed by atoms with Crippen LogP contribution in [0.3, 0.4) is 0 Å². The molecular weight excluding hydrogens is 164 g/mol. The largest absolute Gasteiger partial charge is 0.369 e. The molecule has 0 bridgehead atoms. The number of hydrogen-bond acceptors (Lipinski definition) is 2. The van der Waals surface area contributed by atoms with E-state index in [-0.39, 0.29) is 11.8 Å². The summed E-state index contributed by atoms with van der Waals surface area (Å²) in [6, 6.07) is 0. The van der Waals surface area contributed by atoms with Crippen LogP contribution in [0.2, 0.25) is 0 Å². The minimum absolute atomic E-state index is 0.0746.